The number of nitrogens with zero attached hydrogens (tertiary/aromatic N) is 2. The van der Waals surface area contributed by atoms with Gasteiger partial charge < -0.3 is 15.8 Å². The Morgan fingerprint density at radius 2 is 2.26 bits per heavy atom. The third-order valence-electron chi connectivity index (χ3n) is 2.80. The van der Waals surface area contributed by atoms with Gasteiger partial charge in [0.1, 0.15) is 5.84 Å². The van der Waals surface area contributed by atoms with Crippen LogP contribution in [-0.2, 0) is 0 Å². The van der Waals surface area contributed by atoms with E-state index in [9.17, 15) is 4.79 Å². The summed E-state index contributed by atoms with van der Waals surface area (Å²) in [5.41, 5.74) is 5.84. The Labute approximate surface area is 125 Å². The molecule has 1 atom stereocenters. The zero-order valence-electron chi connectivity index (χ0n) is 10.6. The quantitative estimate of drug-likeness (QED) is 0.380. The maximum absolute atomic E-state index is 12.3. The lowest BCUT2D eigenvalue weighted by molar-refractivity contribution is 0.0747. The SMILES string of the molecule is CC(C/C(N)=N/O)N(C)C(=O)c1cccc(Br)c1Cl. The lowest BCUT2D eigenvalue weighted by Gasteiger charge is -2.25. The molecule has 1 aromatic carbocycles. The van der Waals surface area contributed by atoms with Crippen LogP contribution >= 0.6 is 27.5 Å². The van der Waals surface area contributed by atoms with E-state index in [-0.39, 0.29) is 24.2 Å². The van der Waals surface area contributed by atoms with E-state index in [0.29, 0.717) is 15.1 Å². The minimum atomic E-state index is -0.218. The molecule has 1 unspecified atom stereocenters. The van der Waals surface area contributed by atoms with Gasteiger partial charge >= 0.3 is 0 Å². The molecule has 0 saturated heterocycles. The number of carbonyl (C=O) groups is 1. The zero-order chi connectivity index (χ0) is 14.6. The number of nitrogens with two attached hydrogens (primary N) is 1. The minimum absolute atomic E-state index is 0.0764. The van der Waals surface area contributed by atoms with Crippen LogP contribution in [0.2, 0.25) is 5.02 Å². The molecule has 0 saturated carbocycles. The second-order valence-electron chi connectivity index (χ2n) is 4.16. The third-order valence-corrected chi connectivity index (χ3v) is 4.09. The van der Waals surface area contributed by atoms with Crippen molar-refractivity contribution in [2.75, 3.05) is 7.05 Å². The molecule has 19 heavy (non-hydrogen) atoms. The van der Waals surface area contributed by atoms with E-state index in [0.717, 1.165) is 0 Å². The molecule has 7 heteroatoms. The van der Waals surface area contributed by atoms with Gasteiger partial charge in [-0.2, -0.15) is 0 Å². The molecule has 3 N–H and O–H groups in total. The van der Waals surface area contributed by atoms with Crippen LogP contribution in [0.3, 0.4) is 0 Å². The van der Waals surface area contributed by atoms with Crippen LogP contribution in [0.1, 0.15) is 23.7 Å². The highest BCUT2D eigenvalue weighted by Crippen LogP contribution is 2.27. The Hall–Kier alpha value is -1.27. The van der Waals surface area contributed by atoms with Crippen molar-refractivity contribution in [1.29, 1.82) is 0 Å². The van der Waals surface area contributed by atoms with Gasteiger partial charge in [-0.3, -0.25) is 4.79 Å². The van der Waals surface area contributed by atoms with Crippen LogP contribution in [0, 0.1) is 0 Å². The van der Waals surface area contributed by atoms with E-state index in [1.807, 2.05) is 6.92 Å². The van der Waals surface area contributed by atoms with Crippen molar-refractivity contribution < 1.29 is 10.0 Å². The summed E-state index contributed by atoms with van der Waals surface area (Å²) in [5, 5.41) is 11.8. The first-order chi connectivity index (χ1) is 8.88. The molecule has 0 aliphatic carbocycles. The van der Waals surface area contributed by atoms with Gasteiger partial charge in [-0.1, -0.05) is 22.8 Å². The molecule has 0 spiro atoms. The van der Waals surface area contributed by atoms with Gasteiger partial charge in [0.2, 0.25) is 0 Å². The highest BCUT2D eigenvalue weighted by Gasteiger charge is 2.21. The highest BCUT2D eigenvalue weighted by atomic mass is 79.9. The largest absolute Gasteiger partial charge is 0.409 e. The number of benzene rings is 1. The standard InChI is InChI=1S/C12H15BrClN3O2/c1-7(6-10(15)16-19)17(2)12(18)8-4-3-5-9(13)11(8)14/h3-5,7,19H,6H2,1-2H3,(H2,15,16). The summed E-state index contributed by atoms with van der Waals surface area (Å²) in [7, 11) is 1.65. The summed E-state index contributed by atoms with van der Waals surface area (Å²) in [6, 6.07) is 4.95. The average Bonchev–Trinajstić information content (AvgIpc) is 2.39. The van der Waals surface area contributed by atoms with E-state index in [2.05, 4.69) is 21.1 Å². The van der Waals surface area contributed by atoms with Crippen molar-refractivity contribution in [3.63, 3.8) is 0 Å². The first kappa shape index (κ1) is 15.8. The molecule has 0 fully saturated rings. The fourth-order valence-electron chi connectivity index (χ4n) is 1.54. The minimum Gasteiger partial charge on any atom is -0.409 e. The van der Waals surface area contributed by atoms with Crippen LogP contribution in [0.4, 0.5) is 0 Å². The second kappa shape index (κ2) is 6.77. The lowest BCUT2D eigenvalue weighted by atomic mass is 10.1. The summed E-state index contributed by atoms with van der Waals surface area (Å²) >= 11 is 9.36. The fraction of sp³-hybridized carbons (Fsp3) is 0.333. The van der Waals surface area contributed by atoms with Gasteiger partial charge in [0.15, 0.2) is 0 Å². The molecule has 5 nitrogen and oxygen atoms in total. The topological polar surface area (TPSA) is 78.9 Å². The monoisotopic (exact) mass is 347 g/mol. The number of oxime groups is 1. The van der Waals surface area contributed by atoms with Crippen molar-refractivity contribution in [2.45, 2.75) is 19.4 Å². The molecular formula is C12H15BrClN3O2. The van der Waals surface area contributed by atoms with E-state index in [4.69, 9.17) is 22.5 Å². The van der Waals surface area contributed by atoms with Crippen molar-refractivity contribution in [3.8, 4) is 0 Å². The third kappa shape index (κ3) is 3.84. The summed E-state index contributed by atoms with van der Waals surface area (Å²) in [5.74, 6) is -0.142. The molecule has 0 bridgehead atoms. The highest BCUT2D eigenvalue weighted by molar-refractivity contribution is 9.10. The summed E-state index contributed by atoms with van der Waals surface area (Å²) in [6.45, 7) is 1.81. The molecule has 0 aliphatic rings. The molecule has 104 valence electrons. The summed E-state index contributed by atoms with van der Waals surface area (Å²) in [4.78, 5) is 13.8. The molecule has 0 heterocycles. The van der Waals surface area contributed by atoms with Gasteiger partial charge in [-0.15, -0.1) is 0 Å². The van der Waals surface area contributed by atoms with Gasteiger partial charge in [0, 0.05) is 24.0 Å². The van der Waals surface area contributed by atoms with Crippen LogP contribution in [0.25, 0.3) is 0 Å². The number of hydrogen-bond acceptors (Lipinski definition) is 3. The molecule has 0 aromatic heterocycles. The number of rotatable bonds is 4. The average molecular weight is 349 g/mol. The predicted octanol–water partition coefficient (Wildman–Crippen LogP) is 2.70. The molecule has 1 aromatic rings. The Morgan fingerprint density at radius 1 is 1.63 bits per heavy atom. The zero-order valence-corrected chi connectivity index (χ0v) is 12.9. The summed E-state index contributed by atoms with van der Waals surface area (Å²) < 4.78 is 0.664. The second-order valence-corrected chi connectivity index (χ2v) is 5.39. The number of amidine groups is 1. The van der Waals surface area contributed by atoms with Gasteiger partial charge in [0.05, 0.1) is 10.6 Å². The number of halogens is 2. The van der Waals surface area contributed by atoms with Crippen LogP contribution in [-0.4, -0.2) is 34.9 Å². The van der Waals surface area contributed by atoms with Crippen molar-refractivity contribution >= 4 is 39.3 Å². The van der Waals surface area contributed by atoms with Gasteiger partial charge in [-0.25, -0.2) is 0 Å². The first-order valence-electron chi connectivity index (χ1n) is 5.56. The first-order valence-corrected chi connectivity index (χ1v) is 6.73. The predicted molar refractivity (Wildman–Crippen MR) is 78.7 cm³/mol. The molecule has 0 aliphatic heterocycles. The van der Waals surface area contributed by atoms with Crippen molar-refractivity contribution in [2.24, 2.45) is 10.9 Å². The van der Waals surface area contributed by atoms with Crippen LogP contribution < -0.4 is 5.73 Å². The van der Waals surface area contributed by atoms with E-state index in [1.54, 1.807) is 25.2 Å². The Kier molecular flexibility index (Phi) is 5.62. The lowest BCUT2D eigenvalue weighted by Crippen LogP contribution is -2.38. The van der Waals surface area contributed by atoms with Crippen molar-refractivity contribution in [3.05, 3.63) is 33.3 Å². The van der Waals surface area contributed by atoms with Crippen LogP contribution in [0.15, 0.2) is 27.8 Å². The Bertz CT molecular complexity index is 508. The van der Waals surface area contributed by atoms with Gasteiger partial charge in [0.25, 0.3) is 5.91 Å². The van der Waals surface area contributed by atoms with E-state index >= 15 is 0 Å². The Morgan fingerprint density at radius 3 is 2.84 bits per heavy atom. The maximum atomic E-state index is 12.3. The van der Waals surface area contributed by atoms with Crippen LogP contribution in [0.5, 0.6) is 0 Å². The number of hydrogen-bond donors (Lipinski definition) is 2. The fourth-order valence-corrected chi connectivity index (χ4v) is 2.11. The molecule has 1 rings (SSSR count). The number of amides is 1. The van der Waals surface area contributed by atoms with Gasteiger partial charge in [-0.05, 0) is 35.0 Å². The van der Waals surface area contributed by atoms with E-state index in [1.165, 1.54) is 4.90 Å². The van der Waals surface area contributed by atoms with E-state index < -0.39 is 0 Å². The molecule has 0 radical (unpaired) electrons. The maximum Gasteiger partial charge on any atom is 0.255 e. The summed E-state index contributed by atoms with van der Waals surface area (Å²) in [6.07, 6.45) is 0.282. The molecule has 1 amide bonds. The Balaban J connectivity index is 2.90. The van der Waals surface area contributed by atoms with Crippen molar-refractivity contribution in [1.82, 2.24) is 4.90 Å². The molecular weight excluding hydrogens is 334 g/mol. The normalized spacial score (nSPS) is 13.2. The number of carbonyl (C=O) groups excluding carboxylic acids is 1. The smallest absolute Gasteiger partial charge is 0.255 e.